The van der Waals surface area contributed by atoms with Crippen LogP contribution in [0, 0.1) is 45.9 Å². The summed E-state index contributed by atoms with van der Waals surface area (Å²) in [5.41, 5.74) is 12.1. The van der Waals surface area contributed by atoms with Crippen LogP contribution in [0.1, 0.15) is 56.3 Å². The normalized spacial score (nSPS) is 11.6. The molecule has 0 fully saturated rings. The van der Waals surface area contributed by atoms with Crippen LogP contribution in [0.25, 0.3) is 11.1 Å². The standard InChI is InChI=1S/C30H31N3O.ClH/c1-19-9-7-8-10-26(19)27-14-24(11-12-25(27)15-31)30(29-16-32-18-33(29)6)34-17-28-22(4)20(2)13-21(3)23(28)5;/h7-14,16,18,30H,17H2,1-6H3;1H. The molecule has 35 heavy (non-hydrogen) atoms. The van der Waals surface area contributed by atoms with Gasteiger partial charge in [-0.3, -0.25) is 0 Å². The minimum atomic E-state index is -0.317. The van der Waals surface area contributed by atoms with Crippen molar-refractivity contribution in [2.75, 3.05) is 0 Å². The summed E-state index contributed by atoms with van der Waals surface area (Å²) >= 11 is 0. The van der Waals surface area contributed by atoms with Crippen LogP contribution in [0.2, 0.25) is 0 Å². The Hall–Kier alpha value is -3.39. The first kappa shape index (κ1) is 26.2. The number of imidazole rings is 1. The first-order valence-electron chi connectivity index (χ1n) is 11.6. The van der Waals surface area contributed by atoms with Gasteiger partial charge in [0, 0.05) is 12.6 Å². The molecule has 4 rings (SSSR count). The minimum Gasteiger partial charge on any atom is -0.362 e. The lowest BCUT2D eigenvalue weighted by molar-refractivity contribution is 0.0615. The van der Waals surface area contributed by atoms with E-state index < -0.39 is 0 Å². The van der Waals surface area contributed by atoms with Crippen molar-refractivity contribution in [2.24, 2.45) is 7.05 Å². The van der Waals surface area contributed by atoms with Crippen LogP contribution in [0.4, 0.5) is 0 Å². The lowest BCUT2D eigenvalue weighted by Crippen LogP contribution is -2.12. The zero-order valence-corrected chi connectivity index (χ0v) is 22.0. The van der Waals surface area contributed by atoms with Gasteiger partial charge in [-0.25, -0.2) is 4.98 Å². The molecule has 1 atom stereocenters. The fraction of sp³-hybridized carbons (Fsp3) is 0.267. The highest BCUT2D eigenvalue weighted by Crippen LogP contribution is 2.34. The van der Waals surface area contributed by atoms with Crippen molar-refractivity contribution in [3.8, 4) is 17.2 Å². The number of rotatable bonds is 6. The molecule has 1 heterocycles. The number of aromatic nitrogens is 2. The van der Waals surface area contributed by atoms with Crippen LogP contribution in [0.3, 0.4) is 0 Å². The second-order valence-corrected chi connectivity index (χ2v) is 9.09. The number of hydrogen-bond acceptors (Lipinski definition) is 3. The summed E-state index contributed by atoms with van der Waals surface area (Å²) in [4.78, 5) is 4.35. The maximum absolute atomic E-state index is 9.80. The van der Waals surface area contributed by atoms with Crippen LogP contribution in [-0.2, 0) is 18.4 Å². The molecule has 0 saturated heterocycles. The summed E-state index contributed by atoms with van der Waals surface area (Å²) in [7, 11) is 1.98. The maximum Gasteiger partial charge on any atom is 0.124 e. The molecule has 4 aromatic rings. The summed E-state index contributed by atoms with van der Waals surface area (Å²) < 4.78 is 8.66. The van der Waals surface area contributed by atoms with Gasteiger partial charge in [-0.2, -0.15) is 5.26 Å². The largest absolute Gasteiger partial charge is 0.362 e. The van der Waals surface area contributed by atoms with E-state index in [-0.39, 0.29) is 18.5 Å². The topological polar surface area (TPSA) is 50.8 Å². The average Bonchev–Trinajstić information content (AvgIpc) is 3.25. The lowest BCUT2D eigenvalue weighted by Gasteiger charge is -2.23. The zero-order valence-electron chi connectivity index (χ0n) is 21.2. The third kappa shape index (κ3) is 5.17. The Balaban J connectivity index is 0.00000342. The summed E-state index contributed by atoms with van der Waals surface area (Å²) in [6.07, 6.45) is 3.34. The van der Waals surface area contributed by atoms with E-state index in [0.29, 0.717) is 12.2 Å². The van der Waals surface area contributed by atoms with E-state index >= 15 is 0 Å². The van der Waals surface area contributed by atoms with Crippen molar-refractivity contribution in [1.82, 2.24) is 9.55 Å². The number of nitriles is 1. The number of benzene rings is 3. The van der Waals surface area contributed by atoms with E-state index in [1.165, 1.54) is 27.8 Å². The molecule has 4 nitrogen and oxygen atoms in total. The molecule has 3 aromatic carbocycles. The van der Waals surface area contributed by atoms with Gasteiger partial charge in [-0.1, -0.05) is 36.4 Å². The van der Waals surface area contributed by atoms with Gasteiger partial charge < -0.3 is 9.30 Å². The van der Waals surface area contributed by atoms with Crippen molar-refractivity contribution in [3.05, 3.63) is 111 Å². The Morgan fingerprint density at radius 3 is 2.20 bits per heavy atom. The summed E-state index contributed by atoms with van der Waals surface area (Å²) in [6, 6.07) is 18.8. The first-order chi connectivity index (χ1) is 16.3. The molecule has 0 aliphatic rings. The van der Waals surface area contributed by atoms with Crippen LogP contribution in [0.15, 0.2) is 61.1 Å². The second kappa shape index (κ2) is 10.9. The molecule has 1 unspecified atom stereocenters. The highest BCUT2D eigenvalue weighted by atomic mass is 35.5. The zero-order chi connectivity index (χ0) is 24.4. The molecule has 5 heteroatoms. The average molecular weight is 486 g/mol. The van der Waals surface area contributed by atoms with Crippen molar-refractivity contribution < 1.29 is 4.74 Å². The molecule has 0 radical (unpaired) electrons. The molecule has 0 aliphatic carbocycles. The predicted molar refractivity (Wildman–Crippen MR) is 144 cm³/mol. The molecule has 0 saturated carbocycles. The molecule has 180 valence electrons. The van der Waals surface area contributed by atoms with E-state index in [2.05, 4.69) is 69.9 Å². The fourth-order valence-electron chi connectivity index (χ4n) is 4.57. The van der Waals surface area contributed by atoms with Crippen LogP contribution < -0.4 is 0 Å². The van der Waals surface area contributed by atoms with Gasteiger partial charge in [0.1, 0.15) is 6.10 Å². The predicted octanol–water partition coefficient (Wildman–Crippen LogP) is 7.23. The Bertz CT molecular complexity index is 1370. The quantitative estimate of drug-likeness (QED) is 0.289. The van der Waals surface area contributed by atoms with Gasteiger partial charge in [0.25, 0.3) is 0 Å². The van der Waals surface area contributed by atoms with Gasteiger partial charge in [0.15, 0.2) is 0 Å². The van der Waals surface area contributed by atoms with Gasteiger partial charge in [-0.05, 0) is 91.3 Å². The number of nitrogens with zero attached hydrogens (tertiary/aromatic N) is 3. The van der Waals surface area contributed by atoms with Gasteiger partial charge in [-0.15, -0.1) is 12.4 Å². The van der Waals surface area contributed by atoms with Gasteiger partial charge in [0.2, 0.25) is 0 Å². The summed E-state index contributed by atoms with van der Waals surface area (Å²) in [5.74, 6) is 0. The van der Waals surface area contributed by atoms with E-state index in [4.69, 9.17) is 4.74 Å². The van der Waals surface area contributed by atoms with Gasteiger partial charge >= 0.3 is 0 Å². The third-order valence-corrected chi connectivity index (χ3v) is 6.94. The van der Waals surface area contributed by atoms with Crippen molar-refractivity contribution in [2.45, 2.75) is 47.3 Å². The van der Waals surface area contributed by atoms with Crippen LogP contribution in [-0.4, -0.2) is 9.55 Å². The Morgan fingerprint density at radius 2 is 1.60 bits per heavy atom. The lowest BCUT2D eigenvalue weighted by atomic mass is 9.92. The smallest absolute Gasteiger partial charge is 0.124 e. The molecule has 0 spiro atoms. The van der Waals surface area contributed by atoms with E-state index in [1.54, 1.807) is 6.33 Å². The Labute approximate surface area is 214 Å². The molecular formula is C30H32ClN3O. The fourth-order valence-corrected chi connectivity index (χ4v) is 4.57. The van der Waals surface area contributed by atoms with Crippen molar-refractivity contribution in [3.63, 3.8) is 0 Å². The highest BCUT2D eigenvalue weighted by molar-refractivity contribution is 5.85. The van der Waals surface area contributed by atoms with Crippen molar-refractivity contribution >= 4 is 12.4 Å². The third-order valence-electron chi connectivity index (χ3n) is 6.94. The number of aryl methyl sites for hydroxylation is 4. The second-order valence-electron chi connectivity index (χ2n) is 9.09. The monoisotopic (exact) mass is 485 g/mol. The van der Waals surface area contributed by atoms with E-state index in [0.717, 1.165) is 27.9 Å². The SMILES string of the molecule is Cc1ccccc1-c1cc(C(OCc2c(C)c(C)cc(C)c2C)c2cncn2C)ccc1C#N.Cl. The highest BCUT2D eigenvalue weighted by Gasteiger charge is 2.22. The molecular weight excluding hydrogens is 454 g/mol. The molecule has 0 aliphatic heterocycles. The van der Waals surface area contributed by atoms with E-state index in [1.807, 2.05) is 42.1 Å². The number of halogens is 1. The first-order valence-corrected chi connectivity index (χ1v) is 11.6. The summed E-state index contributed by atoms with van der Waals surface area (Å²) in [6.45, 7) is 11.2. The molecule has 0 bridgehead atoms. The summed E-state index contributed by atoms with van der Waals surface area (Å²) in [5, 5.41) is 9.80. The maximum atomic E-state index is 9.80. The molecule has 0 N–H and O–H groups in total. The van der Waals surface area contributed by atoms with E-state index in [9.17, 15) is 5.26 Å². The minimum absolute atomic E-state index is 0. The Morgan fingerprint density at radius 1 is 0.914 bits per heavy atom. The van der Waals surface area contributed by atoms with Gasteiger partial charge in [0.05, 0.1) is 36.5 Å². The number of hydrogen-bond donors (Lipinski definition) is 0. The molecule has 1 aromatic heterocycles. The molecule has 0 amide bonds. The number of ether oxygens (including phenoxy) is 1. The van der Waals surface area contributed by atoms with Crippen LogP contribution >= 0.6 is 12.4 Å². The van der Waals surface area contributed by atoms with Crippen molar-refractivity contribution in [1.29, 1.82) is 5.26 Å². The van der Waals surface area contributed by atoms with Crippen LogP contribution in [0.5, 0.6) is 0 Å². The Kier molecular flexibility index (Phi) is 8.17.